The van der Waals surface area contributed by atoms with E-state index in [1.807, 2.05) is 55.5 Å². The SMILES string of the molecule is CCC(=O)Nc1ccc(C[C@H](N)C(=O)N2CCn3c(nc(-c4ccc(F)cc4)c3Nc3ccc(C)cc3)C2)cc1.S. The van der Waals surface area contributed by atoms with Crippen molar-refractivity contribution >= 4 is 42.5 Å². The molecule has 1 aliphatic rings. The number of nitrogens with one attached hydrogen (secondary N) is 2. The number of imidazole rings is 1. The lowest BCUT2D eigenvalue weighted by Gasteiger charge is -2.30. The van der Waals surface area contributed by atoms with Crippen LogP contribution in [-0.4, -0.2) is 38.9 Å². The number of amides is 2. The molecule has 2 amide bonds. The fourth-order valence-corrected chi connectivity index (χ4v) is 4.78. The molecule has 0 bridgehead atoms. The van der Waals surface area contributed by atoms with Gasteiger partial charge in [0.15, 0.2) is 0 Å². The Hall–Kier alpha value is -4.15. The van der Waals surface area contributed by atoms with Crippen molar-refractivity contribution in [2.75, 3.05) is 17.2 Å². The van der Waals surface area contributed by atoms with Gasteiger partial charge in [-0.3, -0.25) is 9.59 Å². The molecular weight excluding hydrogens is 539 g/mol. The number of aryl methyl sites for hydroxylation is 1. The van der Waals surface area contributed by atoms with Gasteiger partial charge >= 0.3 is 0 Å². The van der Waals surface area contributed by atoms with Gasteiger partial charge in [-0.15, -0.1) is 0 Å². The second kappa shape index (κ2) is 13.0. The molecule has 1 aromatic heterocycles. The third-order valence-electron chi connectivity index (χ3n) is 7.05. The number of nitrogens with two attached hydrogens (primary N) is 1. The van der Waals surface area contributed by atoms with Crippen LogP contribution in [0.25, 0.3) is 11.3 Å². The van der Waals surface area contributed by atoms with E-state index in [1.165, 1.54) is 12.1 Å². The van der Waals surface area contributed by atoms with Crippen LogP contribution >= 0.6 is 13.5 Å². The molecule has 4 N–H and O–H groups in total. The van der Waals surface area contributed by atoms with E-state index in [4.69, 9.17) is 10.7 Å². The van der Waals surface area contributed by atoms with Gasteiger partial charge in [-0.05, 0) is 67.4 Å². The van der Waals surface area contributed by atoms with E-state index < -0.39 is 6.04 Å². The van der Waals surface area contributed by atoms with Crippen molar-refractivity contribution in [3.05, 3.63) is 95.6 Å². The van der Waals surface area contributed by atoms with Gasteiger partial charge in [-0.1, -0.05) is 36.8 Å². The molecule has 0 unspecified atom stereocenters. The Morgan fingerprint density at radius 2 is 1.63 bits per heavy atom. The largest absolute Gasteiger partial charge is 0.340 e. The van der Waals surface area contributed by atoms with E-state index in [2.05, 4.69) is 15.2 Å². The number of hydrogen-bond donors (Lipinski definition) is 3. The molecule has 0 aliphatic carbocycles. The Morgan fingerprint density at radius 1 is 0.976 bits per heavy atom. The Kier molecular flexibility index (Phi) is 9.46. The highest BCUT2D eigenvalue weighted by Gasteiger charge is 2.29. The molecule has 3 aromatic carbocycles. The first-order valence-electron chi connectivity index (χ1n) is 13.4. The number of hydrogen-bond acceptors (Lipinski definition) is 5. The highest BCUT2D eigenvalue weighted by atomic mass is 32.1. The molecule has 4 aromatic rings. The zero-order chi connectivity index (χ0) is 28.2. The van der Waals surface area contributed by atoms with E-state index in [0.29, 0.717) is 43.9 Å². The minimum absolute atomic E-state index is 0. The quantitative estimate of drug-likeness (QED) is 0.271. The van der Waals surface area contributed by atoms with Crippen molar-refractivity contribution in [3.8, 4) is 11.3 Å². The first-order valence-corrected chi connectivity index (χ1v) is 13.4. The van der Waals surface area contributed by atoms with Gasteiger partial charge < -0.3 is 25.8 Å². The minimum Gasteiger partial charge on any atom is -0.340 e. The van der Waals surface area contributed by atoms with Crippen LogP contribution in [0.1, 0.15) is 30.3 Å². The lowest BCUT2D eigenvalue weighted by atomic mass is 10.0. The lowest BCUT2D eigenvalue weighted by Crippen LogP contribution is -2.47. The molecule has 0 saturated carbocycles. The van der Waals surface area contributed by atoms with Gasteiger partial charge in [-0.25, -0.2) is 9.37 Å². The Bertz CT molecular complexity index is 1500. The van der Waals surface area contributed by atoms with Crippen LogP contribution in [0.15, 0.2) is 72.8 Å². The summed E-state index contributed by atoms with van der Waals surface area (Å²) >= 11 is 0. The summed E-state index contributed by atoms with van der Waals surface area (Å²) in [5.74, 6) is 1.03. The molecule has 2 heterocycles. The van der Waals surface area contributed by atoms with Crippen molar-refractivity contribution in [2.24, 2.45) is 5.73 Å². The number of anilines is 3. The molecule has 0 saturated heterocycles. The van der Waals surface area contributed by atoms with Crippen molar-refractivity contribution in [2.45, 2.75) is 45.8 Å². The summed E-state index contributed by atoms with van der Waals surface area (Å²) in [6.45, 7) is 5.18. The number of rotatable bonds is 8. The van der Waals surface area contributed by atoms with Crippen LogP contribution in [0.3, 0.4) is 0 Å². The van der Waals surface area contributed by atoms with Crippen LogP contribution in [-0.2, 0) is 29.1 Å². The number of carbonyl (C=O) groups excluding carboxylic acids is 2. The predicted octanol–water partition coefficient (Wildman–Crippen LogP) is 5.11. The maximum atomic E-state index is 13.7. The Morgan fingerprint density at radius 3 is 2.29 bits per heavy atom. The molecule has 1 aliphatic heterocycles. The number of halogens is 1. The van der Waals surface area contributed by atoms with Gasteiger partial charge in [0.1, 0.15) is 23.2 Å². The van der Waals surface area contributed by atoms with Crippen LogP contribution in [0.5, 0.6) is 0 Å². The molecule has 10 heteroatoms. The number of nitrogens with zero attached hydrogens (tertiary/aromatic N) is 3. The van der Waals surface area contributed by atoms with Crippen molar-refractivity contribution < 1.29 is 14.0 Å². The van der Waals surface area contributed by atoms with Gasteiger partial charge in [-0.2, -0.15) is 13.5 Å². The predicted molar refractivity (Wildman–Crippen MR) is 165 cm³/mol. The standard InChI is InChI=1S/C31H33FN6O2.H2S/c1-3-28(39)34-24-14-6-21(7-15-24)18-26(33)31(40)37-16-17-38-27(19-37)36-29(22-8-10-23(32)11-9-22)30(38)35-25-12-4-20(2)5-13-25;/h4-15,26,35H,3,16-19,33H2,1-2H3,(H,34,39);1H2/t26-;/m0./s1. The highest BCUT2D eigenvalue weighted by molar-refractivity contribution is 7.59. The van der Waals surface area contributed by atoms with Crippen LogP contribution in [0.2, 0.25) is 0 Å². The lowest BCUT2D eigenvalue weighted by molar-refractivity contribution is -0.134. The van der Waals surface area contributed by atoms with Crippen molar-refractivity contribution in [3.63, 3.8) is 0 Å². The van der Waals surface area contributed by atoms with Gasteiger partial charge in [0, 0.05) is 36.4 Å². The summed E-state index contributed by atoms with van der Waals surface area (Å²) in [6, 6.07) is 21.0. The zero-order valence-corrected chi connectivity index (χ0v) is 24.2. The third-order valence-corrected chi connectivity index (χ3v) is 7.05. The van der Waals surface area contributed by atoms with E-state index in [9.17, 15) is 14.0 Å². The molecular formula is C31H35FN6O2S. The molecule has 1 atom stereocenters. The fraction of sp³-hybridized carbons (Fsp3) is 0.258. The highest BCUT2D eigenvalue weighted by Crippen LogP contribution is 2.33. The summed E-state index contributed by atoms with van der Waals surface area (Å²) in [6.07, 6.45) is 0.789. The maximum Gasteiger partial charge on any atom is 0.240 e. The third kappa shape index (κ3) is 6.96. The van der Waals surface area contributed by atoms with E-state index in [-0.39, 0.29) is 31.1 Å². The second-order valence-corrected chi connectivity index (χ2v) is 10.0. The van der Waals surface area contributed by atoms with Crippen LogP contribution < -0.4 is 16.4 Å². The molecule has 8 nitrogen and oxygen atoms in total. The normalized spacial score (nSPS) is 13.1. The van der Waals surface area contributed by atoms with Crippen LogP contribution in [0, 0.1) is 12.7 Å². The van der Waals surface area contributed by atoms with E-state index >= 15 is 0 Å². The first kappa shape index (κ1) is 29.8. The number of carbonyl (C=O) groups is 2. The van der Waals surface area contributed by atoms with Gasteiger partial charge in [0.25, 0.3) is 0 Å². The Balaban J connectivity index is 0.00000387. The first-order chi connectivity index (χ1) is 19.3. The van der Waals surface area contributed by atoms with Crippen molar-refractivity contribution in [1.82, 2.24) is 14.5 Å². The summed E-state index contributed by atoms with van der Waals surface area (Å²) in [4.78, 5) is 31.6. The fourth-order valence-electron chi connectivity index (χ4n) is 4.78. The molecule has 41 heavy (non-hydrogen) atoms. The topological polar surface area (TPSA) is 105 Å². The average Bonchev–Trinajstić information content (AvgIpc) is 3.32. The smallest absolute Gasteiger partial charge is 0.240 e. The monoisotopic (exact) mass is 574 g/mol. The molecule has 5 rings (SSSR count). The number of fused-ring (bicyclic) bond motifs is 1. The van der Waals surface area contributed by atoms with Gasteiger partial charge in [0.05, 0.1) is 12.6 Å². The minimum atomic E-state index is -0.709. The molecule has 0 radical (unpaired) electrons. The summed E-state index contributed by atoms with van der Waals surface area (Å²) in [5.41, 5.74) is 11.5. The second-order valence-electron chi connectivity index (χ2n) is 10.0. The van der Waals surface area contributed by atoms with E-state index in [0.717, 1.165) is 34.0 Å². The number of benzene rings is 3. The molecule has 0 spiro atoms. The van der Waals surface area contributed by atoms with Crippen LogP contribution in [0.4, 0.5) is 21.6 Å². The van der Waals surface area contributed by atoms with Gasteiger partial charge in [0.2, 0.25) is 11.8 Å². The number of aromatic nitrogens is 2. The summed E-state index contributed by atoms with van der Waals surface area (Å²) in [5, 5.41) is 6.31. The molecule has 214 valence electrons. The molecule has 0 fully saturated rings. The maximum absolute atomic E-state index is 13.7. The zero-order valence-electron chi connectivity index (χ0n) is 23.2. The summed E-state index contributed by atoms with van der Waals surface area (Å²) < 4.78 is 15.7. The van der Waals surface area contributed by atoms with Crippen molar-refractivity contribution in [1.29, 1.82) is 0 Å². The van der Waals surface area contributed by atoms with E-state index in [1.54, 1.807) is 24.0 Å². The summed E-state index contributed by atoms with van der Waals surface area (Å²) in [7, 11) is 0. The average molecular weight is 575 g/mol. The Labute approximate surface area is 246 Å².